The Labute approximate surface area is 159 Å². The van der Waals surface area contributed by atoms with Gasteiger partial charge in [-0.25, -0.2) is 8.42 Å². The van der Waals surface area contributed by atoms with Crippen molar-refractivity contribution in [2.45, 2.75) is 24.7 Å². The quantitative estimate of drug-likeness (QED) is 0.556. The van der Waals surface area contributed by atoms with Crippen molar-refractivity contribution < 1.29 is 22.7 Å². The molecule has 0 aromatic heterocycles. The van der Waals surface area contributed by atoms with Crippen molar-refractivity contribution in [3.05, 3.63) is 59.2 Å². The molecule has 1 aliphatic heterocycles. The van der Waals surface area contributed by atoms with Crippen LogP contribution in [-0.2, 0) is 9.84 Å². The Hall–Kier alpha value is -2.60. The van der Waals surface area contributed by atoms with Gasteiger partial charge in [-0.2, -0.15) is 0 Å². The van der Waals surface area contributed by atoms with Gasteiger partial charge in [-0.05, 0) is 42.3 Å². The molecular formula is C21H22O5S. The van der Waals surface area contributed by atoms with E-state index in [2.05, 4.69) is 6.92 Å². The fourth-order valence-electron chi connectivity index (χ4n) is 2.98. The number of Topliss-reactive ketones (excluding diaryl/α,β-unsaturated/α-hetero) is 1. The number of methoxy groups -OCH3 is 1. The Morgan fingerprint density at radius 3 is 2.63 bits per heavy atom. The van der Waals surface area contributed by atoms with Crippen LogP contribution in [0, 0.1) is 0 Å². The number of rotatable bonds is 6. The highest BCUT2D eigenvalue weighted by Gasteiger charge is 2.32. The van der Waals surface area contributed by atoms with Crippen LogP contribution in [0.5, 0.6) is 11.5 Å². The Bertz CT molecular complexity index is 989. The molecule has 0 bridgehead atoms. The normalized spacial score (nSPS) is 16.8. The summed E-state index contributed by atoms with van der Waals surface area (Å²) >= 11 is 0. The van der Waals surface area contributed by atoms with Crippen LogP contribution in [-0.4, -0.2) is 33.7 Å². The van der Waals surface area contributed by atoms with Gasteiger partial charge in [0.05, 0.1) is 24.4 Å². The summed E-state index contributed by atoms with van der Waals surface area (Å²) in [6, 6.07) is 11.6. The third-order valence-corrected chi connectivity index (χ3v) is 6.11. The lowest BCUT2D eigenvalue weighted by Crippen LogP contribution is -2.24. The number of carbonyl (C=O) groups is 1. The minimum absolute atomic E-state index is 0.102. The number of ketones is 1. The first-order valence-corrected chi connectivity index (χ1v) is 10.5. The van der Waals surface area contributed by atoms with Crippen LogP contribution >= 0.6 is 0 Å². The molecule has 0 N–H and O–H groups in total. The average molecular weight is 386 g/mol. The molecule has 3 rings (SSSR count). The lowest BCUT2D eigenvalue weighted by atomic mass is 10.0. The van der Waals surface area contributed by atoms with E-state index >= 15 is 0 Å². The van der Waals surface area contributed by atoms with E-state index in [-0.39, 0.29) is 27.6 Å². The maximum atomic E-state index is 12.7. The second-order valence-corrected chi connectivity index (χ2v) is 8.32. The molecule has 1 heterocycles. The van der Waals surface area contributed by atoms with Crippen molar-refractivity contribution in [1.29, 1.82) is 0 Å². The van der Waals surface area contributed by atoms with Crippen LogP contribution in [0.1, 0.15) is 35.7 Å². The van der Waals surface area contributed by atoms with Crippen LogP contribution in [0.3, 0.4) is 0 Å². The number of hydrogen-bond donors (Lipinski definition) is 0. The topological polar surface area (TPSA) is 69.7 Å². The number of carbonyl (C=O) groups excluding carboxylic acids is 1. The molecule has 0 aliphatic carbocycles. The van der Waals surface area contributed by atoms with Crippen LogP contribution in [0.2, 0.25) is 0 Å². The van der Waals surface area contributed by atoms with E-state index in [4.69, 9.17) is 9.47 Å². The second kappa shape index (κ2) is 7.96. The van der Waals surface area contributed by atoms with Crippen LogP contribution in [0.4, 0.5) is 0 Å². The molecule has 2 aromatic carbocycles. The van der Waals surface area contributed by atoms with Crippen LogP contribution in [0.15, 0.2) is 52.9 Å². The summed E-state index contributed by atoms with van der Waals surface area (Å²) in [5.74, 6) is 0.610. The Morgan fingerprint density at radius 2 is 1.89 bits per heavy atom. The predicted octanol–water partition coefficient (Wildman–Crippen LogP) is 3.93. The summed E-state index contributed by atoms with van der Waals surface area (Å²) < 4.78 is 36.1. The largest absolute Gasteiger partial charge is 0.493 e. The van der Waals surface area contributed by atoms with Gasteiger partial charge in [-0.15, -0.1) is 0 Å². The van der Waals surface area contributed by atoms with E-state index in [1.54, 1.807) is 49.6 Å². The van der Waals surface area contributed by atoms with Crippen molar-refractivity contribution in [2.24, 2.45) is 0 Å². The van der Waals surface area contributed by atoms with Crippen LogP contribution < -0.4 is 9.47 Å². The highest BCUT2D eigenvalue weighted by atomic mass is 32.2. The molecule has 0 saturated carbocycles. The molecule has 0 fully saturated rings. The van der Waals surface area contributed by atoms with Gasteiger partial charge in [0.1, 0.15) is 0 Å². The van der Waals surface area contributed by atoms with Gasteiger partial charge in [-0.3, -0.25) is 4.79 Å². The Balaban J connectivity index is 1.97. The maximum absolute atomic E-state index is 12.7. The summed E-state index contributed by atoms with van der Waals surface area (Å²) in [5, 5.41) is 0. The summed E-state index contributed by atoms with van der Waals surface area (Å²) in [6.45, 7) is 2.64. The van der Waals surface area contributed by atoms with E-state index in [0.29, 0.717) is 23.7 Å². The van der Waals surface area contributed by atoms with E-state index in [9.17, 15) is 13.2 Å². The maximum Gasteiger partial charge on any atom is 0.191 e. The summed E-state index contributed by atoms with van der Waals surface area (Å²) in [4.78, 5) is 12.8. The van der Waals surface area contributed by atoms with Crippen LogP contribution in [0.25, 0.3) is 6.08 Å². The van der Waals surface area contributed by atoms with Gasteiger partial charge < -0.3 is 9.47 Å². The van der Waals surface area contributed by atoms with Crippen molar-refractivity contribution >= 4 is 21.7 Å². The molecule has 2 aromatic rings. The molecule has 0 radical (unpaired) electrons. The van der Waals surface area contributed by atoms with Crippen molar-refractivity contribution in [3.63, 3.8) is 0 Å². The van der Waals surface area contributed by atoms with Crippen molar-refractivity contribution in [1.82, 2.24) is 0 Å². The average Bonchev–Trinajstić information content (AvgIpc) is 2.66. The highest BCUT2D eigenvalue weighted by molar-refractivity contribution is 7.91. The third kappa shape index (κ3) is 4.06. The van der Waals surface area contributed by atoms with Gasteiger partial charge in [-0.1, -0.05) is 31.5 Å². The zero-order chi connectivity index (χ0) is 19.4. The molecule has 1 aliphatic rings. The molecule has 0 unspecified atom stereocenters. The SMILES string of the molecule is CCCCOc1cc(/C=C2/CS(=O)(=O)c3ccccc3C2=O)ccc1OC. The van der Waals surface area contributed by atoms with Gasteiger partial charge in [0.15, 0.2) is 27.1 Å². The number of unbranched alkanes of at least 4 members (excludes halogenated alkanes) is 1. The van der Waals surface area contributed by atoms with Gasteiger partial charge in [0, 0.05) is 11.1 Å². The predicted molar refractivity (Wildman–Crippen MR) is 104 cm³/mol. The zero-order valence-corrected chi connectivity index (χ0v) is 16.2. The highest BCUT2D eigenvalue weighted by Crippen LogP contribution is 2.32. The first-order valence-electron chi connectivity index (χ1n) is 8.84. The number of fused-ring (bicyclic) bond motifs is 1. The van der Waals surface area contributed by atoms with Crippen molar-refractivity contribution in [2.75, 3.05) is 19.5 Å². The third-order valence-electron chi connectivity index (χ3n) is 4.39. The Kier molecular flexibility index (Phi) is 5.65. The van der Waals surface area contributed by atoms with Gasteiger partial charge in [0.25, 0.3) is 0 Å². The summed E-state index contributed by atoms with van der Waals surface area (Å²) in [6.07, 6.45) is 3.54. The van der Waals surface area contributed by atoms with E-state index in [1.807, 2.05) is 0 Å². The smallest absolute Gasteiger partial charge is 0.191 e. The van der Waals surface area contributed by atoms with E-state index < -0.39 is 9.84 Å². The number of ether oxygens (including phenoxy) is 2. The summed E-state index contributed by atoms with van der Waals surface area (Å²) in [7, 11) is -1.97. The van der Waals surface area contributed by atoms with Gasteiger partial charge >= 0.3 is 0 Å². The molecule has 0 spiro atoms. The number of benzene rings is 2. The molecule has 27 heavy (non-hydrogen) atoms. The molecule has 0 amide bonds. The molecule has 5 nitrogen and oxygen atoms in total. The fraction of sp³-hybridized carbons (Fsp3) is 0.286. The van der Waals surface area contributed by atoms with E-state index in [1.165, 1.54) is 6.07 Å². The Morgan fingerprint density at radius 1 is 1.11 bits per heavy atom. The summed E-state index contributed by atoms with van der Waals surface area (Å²) in [5.41, 5.74) is 1.17. The standard InChI is InChI=1S/C21H22O5S/c1-3-4-11-26-19-13-15(9-10-18(19)25-2)12-16-14-27(23,24)20-8-6-5-7-17(20)21(16)22/h5-10,12-13H,3-4,11,14H2,1-2H3/b16-12-. The monoisotopic (exact) mass is 386 g/mol. The lowest BCUT2D eigenvalue weighted by molar-refractivity contribution is 0.103. The first kappa shape index (κ1) is 19.2. The lowest BCUT2D eigenvalue weighted by Gasteiger charge is -2.18. The molecule has 0 saturated heterocycles. The fourth-order valence-corrected chi connectivity index (χ4v) is 4.54. The number of hydrogen-bond acceptors (Lipinski definition) is 5. The molecule has 0 atom stereocenters. The molecule has 142 valence electrons. The number of sulfone groups is 1. The minimum Gasteiger partial charge on any atom is -0.493 e. The second-order valence-electron chi connectivity index (χ2n) is 6.37. The van der Waals surface area contributed by atoms with Gasteiger partial charge in [0.2, 0.25) is 0 Å². The molecule has 6 heteroatoms. The molecular weight excluding hydrogens is 364 g/mol. The van der Waals surface area contributed by atoms with E-state index in [0.717, 1.165) is 12.8 Å². The minimum atomic E-state index is -3.53. The first-order chi connectivity index (χ1) is 13.0. The zero-order valence-electron chi connectivity index (χ0n) is 15.4. The van der Waals surface area contributed by atoms with Crippen molar-refractivity contribution in [3.8, 4) is 11.5 Å².